The molecule has 1 N–H and O–H groups in total. The minimum atomic E-state index is -4.34. The van der Waals surface area contributed by atoms with Crippen molar-refractivity contribution >= 4 is 11.3 Å². The molecule has 0 aliphatic heterocycles. The van der Waals surface area contributed by atoms with Gasteiger partial charge >= 0.3 is 6.18 Å². The Labute approximate surface area is 86.4 Å². The molecule has 3 nitrogen and oxygen atoms in total. The van der Waals surface area contributed by atoms with E-state index in [1.165, 1.54) is 16.9 Å². The van der Waals surface area contributed by atoms with Crippen LogP contribution in [0.4, 0.5) is 13.2 Å². The lowest BCUT2D eigenvalue weighted by Gasteiger charge is -2.00. The molecule has 0 saturated heterocycles. The number of nitrogens with zero attached hydrogens (tertiary/aromatic N) is 2. The van der Waals surface area contributed by atoms with Crippen LogP contribution in [0, 0.1) is 0 Å². The van der Waals surface area contributed by atoms with E-state index in [0.29, 0.717) is 5.00 Å². The zero-order valence-electron chi connectivity index (χ0n) is 7.19. The molecule has 0 bridgehead atoms. The molecule has 0 amide bonds. The van der Waals surface area contributed by atoms with Crippen LogP contribution in [0.25, 0.3) is 5.00 Å². The van der Waals surface area contributed by atoms with Crippen molar-refractivity contribution in [3.05, 3.63) is 29.3 Å². The quantitative estimate of drug-likeness (QED) is 0.823. The van der Waals surface area contributed by atoms with Gasteiger partial charge in [-0.3, -0.25) is 0 Å². The topological polar surface area (TPSA) is 38.0 Å². The first-order valence-corrected chi connectivity index (χ1v) is 4.75. The van der Waals surface area contributed by atoms with Gasteiger partial charge in [0.2, 0.25) is 5.88 Å². The van der Waals surface area contributed by atoms with Crippen LogP contribution in [0.5, 0.6) is 5.88 Å². The highest BCUT2D eigenvalue weighted by molar-refractivity contribution is 7.12. The molecule has 2 aromatic rings. The van der Waals surface area contributed by atoms with Gasteiger partial charge in [-0.1, -0.05) is 0 Å². The molecule has 0 fully saturated rings. The van der Waals surface area contributed by atoms with Gasteiger partial charge in [0.25, 0.3) is 0 Å². The van der Waals surface area contributed by atoms with E-state index in [-0.39, 0.29) is 5.88 Å². The molecule has 7 heteroatoms. The average molecular weight is 234 g/mol. The Balaban J connectivity index is 2.36. The van der Waals surface area contributed by atoms with E-state index in [1.54, 1.807) is 0 Å². The number of hydrogen-bond donors (Lipinski definition) is 1. The predicted octanol–water partition coefficient (Wildman–Crippen LogP) is 2.66. The number of halogens is 3. The molecule has 0 spiro atoms. The molecule has 0 aliphatic carbocycles. The van der Waals surface area contributed by atoms with Crippen LogP contribution in [0.2, 0.25) is 0 Å². The number of thiophene rings is 1. The number of rotatable bonds is 1. The summed E-state index contributed by atoms with van der Waals surface area (Å²) in [5, 5.41) is 13.8. The van der Waals surface area contributed by atoms with Gasteiger partial charge < -0.3 is 5.11 Å². The van der Waals surface area contributed by atoms with E-state index in [4.69, 9.17) is 5.11 Å². The molecule has 0 radical (unpaired) electrons. The normalized spacial score (nSPS) is 11.9. The monoisotopic (exact) mass is 234 g/mol. The van der Waals surface area contributed by atoms with Gasteiger partial charge in [0.15, 0.2) is 0 Å². The zero-order chi connectivity index (χ0) is 11.1. The van der Waals surface area contributed by atoms with Crippen LogP contribution < -0.4 is 0 Å². The first-order chi connectivity index (χ1) is 6.97. The summed E-state index contributed by atoms with van der Waals surface area (Å²) in [5.41, 5.74) is -0.711. The SMILES string of the molecule is Oc1ccn(-c2cc(C(F)(F)F)cs2)n1. The summed E-state index contributed by atoms with van der Waals surface area (Å²) in [6.07, 6.45) is -2.95. The average Bonchev–Trinajstić information content (AvgIpc) is 2.69. The molecule has 0 atom stereocenters. The molecule has 0 saturated carbocycles. The lowest BCUT2D eigenvalue weighted by Crippen LogP contribution is -2.02. The number of alkyl halides is 3. The van der Waals surface area contributed by atoms with E-state index < -0.39 is 11.7 Å². The van der Waals surface area contributed by atoms with Crippen molar-refractivity contribution in [1.29, 1.82) is 0 Å². The fourth-order valence-corrected chi connectivity index (χ4v) is 1.88. The molecule has 2 heterocycles. The van der Waals surface area contributed by atoms with Gasteiger partial charge in [-0.2, -0.15) is 13.2 Å². The highest BCUT2D eigenvalue weighted by Gasteiger charge is 2.31. The van der Waals surface area contributed by atoms with E-state index in [2.05, 4.69) is 5.10 Å². The zero-order valence-corrected chi connectivity index (χ0v) is 8.01. The lowest BCUT2D eigenvalue weighted by atomic mass is 10.3. The van der Waals surface area contributed by atoms with Gasteiger partial charge in [-0.05, 0) is 6.07 Å². The van der Waals surface area contributed by atoms with Gasteiger partial charge in [-0.25, -0.2) is 4.68 Å². The maximum Gasteiger partial charge on any atom is 0.417 e. The Hall–Kier alpha value is -1.50. The molecule has 0 aliphatic rings. The Morgan fingerprint density at radius 2 is 2.13 bits per heavy atom. The Bertz CT molecular complexity index is 474. The molecular weight excluding hydrogens is 229 g/mol. The van der Waals surface area contributed by atoms with Crippen molar-refractivity contribution in [3.8, 4) is 10.9 Å². The molecule has 0 aromatic carbocycles. The highest BCUT2D eigenvalue weighted by Crippen LogP contribution is 2.33. The van der Waals surface area contributed by atoms with Gasteiger partial charge in [0, 0.05) is 17.6 Å². The van der Waals surface area contributed by atoms with E-state index in [9.17, 15) is 13.2 Å². The van der Waals surface area contributed by atoms with Gasteiger partial charge in [-0.15, -0.1) is 16.4 Å². The molecule has 80 valence electrons. The van der Waals surface area contributed by atoms with E-state index >= 15 is 0 Å². The van der Waals surface area contributed by atoms with Gasteiger partial charge in [0.05, 0.1) is 5.56 Å². The second kappa shape index (κ2) is 3.27. The van der Waals surface area contributed by atoms with Crippen molar-refractivity contribution in [2.75, 3.05) is 0 Å². The summed E-state index contributed by atoms with van der Waals surface area (Å²) < 4.78 is 37.9. The standard InChI is InChI=1S/C8H5F3N2OS/c9-8(10,11)5-3-7(15-4-5)13-2-1-6(14)12-13/h1-4H,(H,12,14). The second-order valence-corrected chi connectivity index (χ2v) is 3.68. The number of aromatic nitrogens is 2. The van der Waals surface area contributed by atoms with E-state index in [0.717, 1.165) is 22.8 Å². The summed E-state index contributed by atoms with van der Waals surface area (Å²) in [5.74, 6) is -0.225. The number of hydrogen-bond acceptors (Lipinski definition) is 3. The van der Waals surface area contributed by atoms with Crippen LogP contribution >= 0.6 is 11.3 Å². The maximum atomic E-state index is 12.2. The Morgan fingerprint density at radius 1 is 1.40 bits per heavy atom. The lowest BCUT2D eigenvalue weighted by molar-refractivity contribution is -0.137. The van der Waals surface area contributed by atoms with Crippen molar-refractivity contribution in [2.24, 2.45) is 0 Å². The summed E-state index contributed by atoms with van der Waals surface area (Å²) in [6, 6.07) is 2.28. The van der Waals surface area contributed by atoms with Gasteiger partial charge in [0.1, 0.15) is 5.00 Å². The largest absolute Gasteiger partial charge is 0.492 e. The molecule has 15 heavy (non-hydrogen) atoms. The third-order valence-electron chi connectivity index (χ3n) is 1.71. The third kappa shape index (κ3) is 1.96. The minimum Gasteiger partial charge on any atom is -0.492 e. The fourth-order valence-electron chi connectivity index (χ4n) is 1.03. The summed E-state index contributed by atoms with van der Waals surface area (Å²) in [6.45, 7) is 0. The number of aromatic hydroxyl groups is 1. The Kier molecular flexibility index (Phi) is 2.18. The van der Waals surface area contributed by atoms with Crippen molar-refractivity contribution in [3.63, 3.8) is 0 Å². The third-order valence-corrected chi connectivity index (χ3v) is 2.63. The maximum absolute atomic E-state index is 12.2. The second-order valence-electron chi connectivity index (χ2n) is 2.79. The first kappa shape index (κ1) is 10.0. The molecular formula is C8H5F3N2OS. The van der Waals surface area contributed by atoms with Crippen LogP contribution in [-0.4, -0.2) is 14.9 Å². The van der Waals surface area contributed by atoms with Crippen LogP contribution in [0.15, 0.2) is 23.7 Å². The predicted molar refractivity (Wildman–Crippen MR) is 48.1 cm³/mol. The van der Waals surface area contributed by atoms with E-state index in [1.807, 2.05) is 0 Å². The fraction of sp³-hybridized carbons (Fsp3) is 0.125. The first-order valence-electron chi connectivity index (χ1n) is 3.87. The summed E-state index contributed by atoms with van der Waals surface area (Å²) in [4.78, 5) is 0. The van der Waals surface area contributed by atoms with Crippen molar-refractivity contribution < 1.29 is 18.3 Å². The molecule has 2 rings (SSSR count). The van der Waals surface area contributed by atoms with Crippen LogP contribution in [0.1, 0.15) is 5.56 Å². The van der Waals surface area contributed by atoms with Crippen LogP contribution in [-0.2, 0) is 6.18 Å². The molecule has 0 unspecified atom stereocenters. The molecule has 2 aromatic heterocycles. The summed E-state index contributed by atoms with van der Waals surface area (Å²) >= 11 is 0.912. The Morgan fingerprint density at radius 3 is 2.60 bits per heavy atom. The smallest absolute Gasteiger partial charge is 0.417 e. The minimum absolute atomic E-state index is 0.225. The van der Waals surface area contributed by atoms with Crippen molar-refractivity contribution in [1.82, 2.24) is 9.78 Å². The van der Waals surface area contributed by atoms with Crippen LogP contribution in [0.3, 0.4) is 0 Å². The van der Waals surface area contributed by atoms with Crippen molar-refractivity contribution in [2.45, 2.75) is 6.18 Å². The highest BCUT2D eigenvalue weighted by atomic mass is 32.1. The summed E-state index contributed by atoms with van der Waals surface area (Å²) in [7, 11) is 0.